The Morgan fingerprint density at radius 1 is 0.347 bits per heavy atom. The van der Waals surface area contributed by atoms with Crippen LogP contribution in [0.25, 0.3) is 0 Å². The number of benzene rings is 3. The third-order valence-corrected chi connectivity index (χ3v) is 8.05. The molecule has 6 nitrogen and oxygen atoms in total. The van der Waals surface area contributed by atoms with E-state index in [-0.39, 0.29) is 0 Å². The monoisotopic (exact) mass is 678 g/mol. The second-order valence-electron chi connectivity index (χ2n) is 12.4. The summed E-state index contributed by atoms with van der Waals surface area (Å²) in [7, 11) is -2.17. The minimum Gasteiger partial charge on any atom is -0.402 e. The van der Waals surface area contributed by atoms with Gasteiger partial charge in [-0.15, -0.1) is 0 Å². The third-order valence-electron chi connectivity index (χ3n) is 8.05. The molecule has 0 aromatic heterocycles. The van der Waals surface area contributed by atoms with Crippen LogP contribution in [0.3, 0.4) is 0 Å². The molecule has 0 aliphatic heterocycles. The van der Waals surface area contributed by atoms with Crippen molar-refractivity contribution >= 4 is 24.4 Å². The lowest BCUT2D eigenvalue weighted by molar-refractivity contribution is 0.278. The maximum absolute atomic E-state index is 7.17. The number of anilines is 3. The lowest BCUT2D eigenvalue weighted by atomic mass is 10.2. The molecule has 0 aliphatic rings. The lowest BCUT2D eigenvalue weighted by Gasteiger charge is -2.24. The molecule has 3 aromatic rings. The Kier molecular flexibility index (Phi) is 31.5. The standard InChI is InChI=1S/3C14H23N.BH3O3/c3*1-3-5-12-15(13-6-4-2)14-10-8-7-9-11-14;2-1(3)4/h3*7-11H,3-6,12-13H2,1-2H3;2-4H. The second-order valence-corrected chi connectivity index (χ2v) is 12.4. The van der Waals surface area contributed by atoms with Gasteiger partial charge in [0, 0.05) is 56.3 Å². The molecule has 7 heteroatoms. The number of nitrogens with zero attached hydrogens (tertiary/aromatic N) is 3. The number of hydrogen-bond donors (Lipinski definition) is 3. The predicted octanol–water partition coefficient (Wildman–Crippen LogP) is 10.2. The highest BCUT2D eigenvalue weighted by Crippen LogP contribution is 2.17. The number of rotatable bonds is 21. The molecule has 0 fully saturated rings. The van der Waals surface area contributed by atoms with Crippen LogP contribution in [0, 0.1) is 0 Å². The normalized spacial score (nSPS) is 9.98. The van der Waals surface area contributed by atoms with Gasteiger partial charge in [0.25, 0.3) is 0 Å². The molecular weight excluding hydrogens is 605 g/mol. The molecule has 0 spiro atoms. The van der Waals surface area contributed by atoms with Crippen molar-refractivity contribution in [1.29, 1.82) is 0 Å². The first-order valence-corrected chi connectivity index (χ1v) is 19.3. The van der Waals surface area contributed by atoms with Gasteiger partial charge in [0.2, 0.25) is 0 Å². The lowest BCUT2D eigenvalue weighted by Crippen LogP contribution is -2.25. The summed E-state index contributed by atoms with van der Waals surface area (Å²) in [6.07, 6.45) is 15.4. The van der Waals surface area contributed by atoms with E-state index >= 15 is 0 Å². The van der Waals surface area contributed by atoms with E-state index in [0.29, 0.717) is 0 Å². The average Bonchev–Trinajstić information content (AvgIpc) is 3.13. The van der Waals surface area contributed by atoms with Gasteiger partial charge in [-0.25, -0.2) is 0 Å². The van der Waals surface area contributed by atoms with E-state index in [9.17, 15) is 0 Å². The summed E-state index contributed by atoms with van der Waals surface area (Å²) in [6.45, 7) is 20.7. The van der Waals surface area contributed by atoms with Gasteiger partial charge in [0.1, 0.15) is 0 Å². The zero-order chi connectivity index (χ0) is 36.4. The molecule has 0 radical (unpaired) electrons. The molecule has 0 atom stereocenters. The molecule has 3 N–H and O–H groups in total. The van der Waals surface area contributed by atoms with Gasteiger partial charge in [-0.2, -0.15) is 0 Å². The molecule has 276 valence electrons. The van der Waals surface area contributed by atoms with Crippen molar-refractivity contribution in [3.8, 4) is 0 Å². The van der Waals surface area contributed by atoms with E-state index in [2.05, 4.69) is 147 Å². The summed E-state index contributed by atoms with van der Waals surface area (Å²) in [5, 5.41) is 21.5. The maximum atomic E-state index is 7.17. The Bertz CT molecular complexity index is 902. The predicted molar refractivity (Wildman–Crippen MR) is 218 cm³/mol. The second kappa shape index (κ2) is 33.5. The topological polar surface area (TPSA) is 70.4 Å². The van der Waals surface area contributed by atoms with Crippen LogP contribution in [0.4, 0.5) is 17.1 Å². The Morgan fingerprint density at radius 2 is 0.510 bits per heavy atom. The molecule has 0 unspecified atom stereocenters. The van der Waals surface area contributed by atoms with Crippen molar-refractivity contribution < 1.29 is 15.1 Å². The molecule has 3 aromatic carbocycles. The van der Waals surface area contributed by atoms with Crippen LogP contribution in [0.15, 0.2) is 91.0 Å². The van der Waals surface area contributed by atoms with Crippen molar-refractivity contribution in [1.82, 2.24) is 0 Å². The fraction of sp³-hybridized carbons (Fsp3) is 0.571. The van der Waals surface area contributed by atoms with E-state index in [0.717, 1.165) is 0 Å². The highest BCUT2D eigenvalue weighted by Gasteiger charge is 2.06. The highest BCUT2D eigenvalue weighted by molar-refractivity contribution is 6.30. The average molecular weight is 678 g/mol. The van der Waals surface area contributed by atoms with Gasteiger partial charge in [-0.05, 0) is 74.9 Å². The molecule has 3 rings (SSSR count). The maximum Gasteiger partial charge on any atom is 0.631 e. The Morgan fingerprint density at radius 3 is 0.653 bits per heavy atom. The number of para-hydroxylation sites is 3. The van der Waals surface area contributed by atoms with E-state index < -0.39 is 7.32 Å². The zero-order valence-corrected chi connectivity index (χ0v) is 32.1. The fourth-order valence-corrected chi connectivity index (χ4v) is 5.12. The van der Waals surface area contributed by atoms with Crippen molar-refractivity contribution in [3.05, 3.63) is 91.0 Å². The van der Waals surface area contributed by atoms with Crippen molar-refractivity contribution in [2.24, 2.45) is 0 Å². The van der Waals surface area contributed by atoms with Crippen LogP contribution >= 0.6 is 0 Å². The third kappa shape index (κ3) is 25.6. The summed E-state index contributed by atoms with van der Waals surface area (Å²) in [5.41, 5.74) is 4.12. The summed E-state index contributed by atoms with van der Waals surface area (Å²) >= 11 is 0. The molecule has 0 aliphatic carbocycles. The molecular formula is C42H72BN3O3. The van der Waals surface area contributed by atoms with Crippen molar-refractivity contribution in [3.63, 3.8) is 0 Å². The van der Waals surface area contributed by atoms with Gasteiger partial charge >= 0.3 is 7.32 Å². The molecule has 0 heterocycles. The van der Waals surface area contributed by atoms with E-state index in [1.165, 1.54) is 133 Å². The number of hydrogen-bond acceptors (Lipinski definition) is 6. The van der Waals surface area contributed by atoms with Crippen LogP contribution in [0.1, 0.15) is 119 Å². The first-order valence-electron chi connectivity index (χ1n) is 19.3. The van der Waals surface area contributed by atoms with Gasteiger partial charge in [0.05, 0.1) is 0 Å². The quantitative estimate of drug-likeness (QED) is 0.0975. The van der Waals surface area contributed by atoms with Gasteiger partial charge in [-0.1, -0.05) is 135 Å². The molecule has 0 bridgehead atoms. The summed E-state index contributed by atoms with van der Waals surface area (Å²) in [4.78, 5) is 7.52. The van der Waals surface area contributed by atoms with Gasteiger partial charge in [-0.3, -0.25) is 0 Å². The first kappa shape index (κ1) is 46.0. The van der Waals surface area contributed by atoms with Crippen molar-refractivity contribution in [2.45, 2.75) is 119 Å². The number of unbranched alkanes of at least 4 members (excludes halogenated alkanes) is 6. The minimum absolute atomic E-state index is 1.19. The summed E-state index contributed by atoms with van der Waals surface area (Å²) < 4.78 is 0. The van der Waals surface area contributed by atoms with Crippen LogP contribution in [0.2, 0.25) is 0 Å². The zero-order valence-electron chi connectivity index (χ0n) is 32.1. The van der Waals surface area contributed by atoms with Crippen LogP contribution in [-0.2, 0) is 0 Å². The van der Waals surface area contributed by atoms with Gasteiger partial charge < -0.3 is 29.8 Å². The first-order chi connectivity index (χ1) is 23.9. The van der Waals surface area contributed by atoms with Crippen LogP contribution in [-0.4, -0.2) is 61.7 Å². The molecule has 49 heavy (non-hydrogen) atoms. The fourth-order valence-electron chi connectivity index (χ4n) is 5.12. The Balaban J connectivity index is 0.000000667. The Hall–Kier alpha value is -3.00. The van der Waals surface area contributed by atoms with Crippen molar-refractivity contribution in [2.75, 3.05) is 54.0 Å². The van der Waals surface area contributed by atoms with Crippen LogP contribution < -0.4 is 14.7 Å². The van der Waals surface area contributed by atoms with Gasteiger partial charge in [0.15, 0.2) is 0 Å². The summed E-state index contributed by atoms with van der Waals surface area (Å²) in [6, 6.07) is 32.3. The summed E-state index contributed by atoms with van der Waals surface area (Å²) in [5.74, 6) is 0. The molecule has 0 saturated carbocycles. The van der Waals surface area contributed by atoms with E-state index in [4.69, 9.17) is 15.1 Å². The van der Waals surface area contributed by atoms with E-state index in [1.807, 2.05) is 0 Å². The molecule has 0 amide bonds. The van der Waals surface area contributed by atoms with E-state index in [1.54, 1.807) is 0 Å². The largest absolute Gasteiger partial charge is 0.631 e. The highest BCUT2D eigenvalue weighted by atomic mass is 16.5. The smallest absolute Gasteiger partial charge is 0.402 e. The SMILES string of the molecule is CCCCN(CCCC)c1ccccc1.CCCCN(CCCC)c1ccccc1.CCCCN(CCCC)c1ccccc1.OB(O)O. The molecule has 0 saturated heterocycles. The minimum atomic E-state index is -2.17. The van der Waals surface area contributed by atoms with Crippen LogP contribution in [0.5, 0.6) is 0 Å². The Labute approximate surface area is 302 Å².